The van der Waals surface area contributed by atoms with Crippen molar-refractivity contribution in [2.24, 2.45) is 0 Å². The number of rotatable bonds is 4. The Morgan fingerprint density at radius 3 is 2.47 bits per heavy atom. The van der Waals surface area contributed by atoms with Crippen LogP contribution < -0.4 is 0 Å². The molecule has 0 fully saturated rings. The standard InChI is InChI=1S/C13H15BrF3NO/c1-9(14)7-8-18(2)12(19)10-5-3-4-6-11(10)13(15,16)17/h3-6,9H,7-8H2,1-2H3. The Kier molecular flexibility index (Phi) is 5.40. The summed E-state index contributed by atoms with van der Waals surface area (Å²) in [6.45, 7) is 2.32. The Balaban J connectivity index is 2.94. The summed E-state index contributed by atoms with van der Waals surface area (Å²) in [6.07, 6.45) is -3.84. The summed E-state index contributed by atoms with van der Waals surface area (Å²) < 4.78 is 38.4. The molecule has 0 radical (unpaired) electrons. The molecule has 106 valence electrons. The maximum Gasteiger partial charge on any atom is 0.417 e. The molecular formula is C13H15BrF3NO. The van der Waals surface area contributed by atoms with Crippen LogP contribution in [0.3, 0.4) is 0 Å². The van der Waals surface area contributed by atoms with Crippen LogP contribution in [0, 0.1) is 0 Å². The van der Waals surface area contributed by atoms with E-state index < -0.39 is 17.6 Å². The summed E-state index contributed by atoms with van der Waals surface area (Å²) in [7, 11) is 1.50. The summed E-state index contributed by atoms with van der Waals surface area (Å²) in [5.74, 6) is -0.610. The van der Waals surface area contributed by atoms with Crippen LogP contribution in [-0.4, -0.2) is 29.2 Å². The zero-order valence-electron chi connectivity index (χ0n) is 10.7. The van der Waals surface area contributed by atoms with Gasteiger partial charge in [-0.3, -0.25) is 4.79 Å². The molecule has 0 spiro atoms. The van der Waals surface area contributed by atoms with Gasteiger partial charge in [0.25, 0.3) is 5.91 Å². The number of hydrogen-bond donors (Lipinski definition) is 0. The molecule has 1 unspecified atom stereocenters. The molecule has 1 aromatic rings. The summed E-state index contributed by atoms with van der Waals surface area (Å²) in [5, 5.41) is 0. The third-order valence-electron chi connectivity index (χ3n) is 2.67. The molecule has 1 atom stereocenters. The molecule has 0 saturated heterocycles. The van der Waals surface area contributed by atoms with Gasteiger partial charge in [0.1, 0.15) is 0 Å². The van der Waals surface area contributed by atoms with Crippen molar-refractivity contribution in [3.05, 3.63) is 35.4 Å². The van der Waals surface area contributed by atoms with E-state index in [4.69, 9.17) is 0 Å². The average Bonchev–Trinajstić information content (AvgIpc) is 2.34. The van der Waals surface area contributed by atoms with Gasteiger partial charge in [-0.1, -0.05) is 35.0 Å². The smallest absolute Gasteiger partial charge is 0.342 e. The van der Waals surface area contributed by atoms with Crippen LogP contribution in [-0.2, 0) is 6.18 Å². The molecule has 19 heavy (non-hydrogen) atoms. The molecule has 0 aliphatic rings. The van der Waals surface area contributed by atoms with Crippen molar-refractivity contribution in [1.82, 2.24) is 4.90 Å². The summed E-state index contributed by atoms with van der Waals surface area (Å²) in [4.78, 5) is 13.6. The van der Waals surface area contributed by atoms with Gasteiger partial charge in [-0.25, -0.2) is 0 Å². The van der Waals surface area contributed by atoms with Crippen LogP contribution in [0.5, 0.6) is 0 Å². The predicted molar refractivity (Wildman–Crippen MR) is 71.4 cm³/mol. The minimum absolute atomic E-state index is 0.209. The van der Waals surface area contributed by atoms with Crippen molar-refractivity contribution < 1.29 is 18.0 Å². The molecule has 0 N–H and O–H groups in total. The fourth-order valence-corrected chi connectivity index (χ4v) is 1.80. The highest BCUT2D eigenvalue weighted by Gasteiger charge is 2.35. The van der Waals surface area contributed by atoms with E-state index in [1.165, 1.54) is 30.1 Å². The van der Waals surface area contributed by atoms with Crippen LogP contribution in [0.2, 0.25) is 0 Å². The van der Waals surface area contributed by atoms with E-state index in [1.807, 2.05) is 6.92 Å². The number of nitrogens with zero attached hydrogens (tertiary/aromatic N) is 1. The molecule has 0 saturated carbocycles. The fraction of sp³-hybridized carbons (Fsp3) is 0.462. The summed E-state index contributed by atoms with van der Waals surface area (Å²) in [6, 6.07) is 4.84. The van der Waals surface area contributed by atoms with Gasteiger partial charge < -0.3 is 4.90 Å². The lowest BCUT2D eigenvalue weighted by Crippen LogP contribution is -2.30. The number of hydrogen-bond acceptors (Lipinski definition) is 1. The normalized spacial score (nSPS) is 13.2. The Hall–Kier alpha value is -1.04. The second-order valence-corrected chi connectivity index (χ2v) is 5.90. The summed E-state index contributed by atoms with van der Waals surface area (Å²) in [5.41, 5.74) is -1.20. The lowest BCUT2D eigenvalue weighted by atomic mass is 10.1. The number of carbonyl (C=O) groups excluding carboxylic acids is 1. The minimum atomic E-state index is -4.52. The van der Waals surface area contributed by atoms with Crippen LogP contribution in [0.15, 0.2) is 24.3 Å². The number of amides is 1. The largest absolute Gasteiger partial charge is 0.417 e. The van der Waals surface area contributed by atoms with Crippen molar-refractivity contribution in [1.29, 1.82) is 0 Å². The van der Waals surface area contributed by atoms with Crippen LogP contribution >= 0.6 is 15.9 Å². The molecule has 0 bridgehead atoms. The fourth-order valence-electron chi connectivity index (χ4n) is 1.60. The second-order valence-electron chi connectivity index (χ2n) is 4.34. The second kappa shape index (κ2) is 6.41. The first kappa shape index (κ1) is 16.0. The van der Waals surface area contributed by atoms with Gasteiger partial charge in [0, 0.05) is 18.4 Å². The van der Waals surface area contributed by atoms with Crippen molar-refractivity contribution in [3.63, 3.8) is 0 Å². The summed E-state index contributed by atoms with van der Waals surface area (Å²) >= 11 is 3.34. The monoisotopic (exact) mass is 337 g/mol. The third kappa shape index (κ3) is 4.53. The van der Waals surface area contributed by atoms with Gasteiger partial charge in [0.15, 0.2) is 0 Å². The molecule has 1 aromatic carbocycles. The Morgan fingerprint density at radius 1 is 1.37 bits per heavy atom. The number of alkyl halides is 4. The molecule has 0 aliphatic heterocycles. The lowest BCUT2D eigenvalue weighted by molar-refractivity contribution is -0.138. The van der Waals surface area contributed by atoms with Crippen molar-refractivity contribution >= 4 is 21.8 Å². The highest BCUT2D eigenvalue weighted by molar-refractivity contribution is 9.09. The molecule has 2 nitrogen and oxygen atoms in total. The zero-order chi connectivity index (χ0) is 14.6. The molecule has 0 aromatic heterocycles. The number of halogens is 4. The average molecular weight is 338 g/mol. The molecule has 1 amide bonds. The van der Waals surface area contributed by atoms with E-state index in [-0.39, 0.29) is 10.4 Å². The number of benzene rings is 1. The van der Waals surface area contributed by atoms with Gasteiger partial charge in [0.2, 0.25) is 0 Å². The van der Waals surface area contributed by atoms with Gasteiger partial charge >= 0.3 is 6.18 Å². The van der Waals surface area contributed by atoms with Crippen molar-refractivity contribution in [3.8, 4) is 0 Å². The van der Waals surface area contributed by atoms with Gasteiger partial charge in [0.05, 0.1) is 11.1 Å². The highest BCUT2D eigenvalue weighted by atomic mass is 79.9. The Morgan fingerprint density at radius 2 is 1.95 bits per heavy atom. The van der Waals surface area contributed by atoms with Crippen LogP contribution in [0.1, 0.15) is 29.3 Å². The van der Waals surface area contributed by atoms with Crippen molar-refractivity contribution in [2.75, 3.05) is 13.6 Å². The van der Waals surface area contributed by atoms with E-state index in [0.717, 1.165) is 6.07 Å². The molecule has 6 heteroatoms. The van der Waals surface area contributed by atoms with Crippen LogP contribution in [0.25, 0.3) is 0 Å². The van der Waals surface area contributed by atoms with E-state index in [2.05, 4.69) is 15.9 Å². The Bertz CT molecular complexity index is 446. The van der Waals surface area contributed by atoms with E-state index in [9.17, 15) is 18.0 Å². The van der Waals surface area contributed by atoms with Crippen molar-refractivity contribution in [2.45, 2.75) is 24.3 Å². The molecule has 1 rings (SSSR count). The van der Waals surface area contributed by atoms with E-state index in [0.29, 0.717) is 13.0 Å². The maximum absolute atomic E-state index is 12.8. The number of carbonyl (C=O) groups is 1. The third-order valence-corrected chi connectivity index (χ3v) is 3.13. The maximum atomic E-state index is 12.8. The van der Waals surface area contributed by atoms with Gasteiger partial charge in [-0.15, -0.1) is 0 Å². The van der Waals surface area contributed by atoms with Gasteiger partial charge in [-0.05, 0) is 18.6 Å². The Labute approximate surface area is 118 Å². The zero-order valence-corrected chi connectivity index (χ0v) is 12.3. The predicted octanol–water partition coefficient (Wildman–Crippen LogP) is 3.95. The first-order chi connectivity index (χ1) is 8.73. The first-order valence-corrected chi connectivity index (χ1v) is 6.70. The van der Waals surface area contributed by atoms with E-state index in [1.54, 1.807) is 0 Å². The van der Waals surface area contributed by atoms with Gasteiger partial charge in [-0.2, -0.15) is 13.2 Å². The SMILES string of the molecule is CC(Br)CCN(C)C(=O)c1ccccc1C(F)(F)F. The molecule has 0 aliphatic carbocycles. The van der Waals surface area contributed by atoms with Crippen LogP contribution in [0.4, 0.5) is 13.2 Å². The van der Waals surface area contributed by atoms with E-state index >= 15 is 0 Å². The molecule has 0 heterocycles. The topological polar surface area (TPSA) is 20.3 Å². The highest BCUT2D eigenvalue weighted by Crippen LogP contribution is 2.32. The minimum Gasteiger partial charge on any atom is -0.342 e. The molecular weight excluding hydrogens is 323 g/mol. The first-order valence-electron chi connectivity index (χ1n) is 5.79. The quantitative estimate of drug-likeness (QED) is 0.762. The lowest BCUT2D eigenvalue weighted by Gasteiger charge is -2.20.